The molecule has 0 saturated carbocycles. The third kappa shape index (κ3) is 10.4. The van der Waals surface area contributed by atoms with Crippen molar-refractivity contribution in [3.8, 4) is 5.75 Å². The van der Waals surface area contributed by atoms with E-state index >= 15 is 0 Å². The third-order valence-electron chi connectivity index (χ3n) is 3.30. The minimum absolute atomic E-state index is 0.699. The van der Waals surface area contributed by atoms with Crippen LogP contribution in [0.1, 0.15) is 45.1 Å². The third-order valence-corrected chi connectivity index (χ3v) is 3.30. The summed E-state index contributed by atoms with van der Waals surface area (Å²) in [6.07, 6.45) is 8.52. The van der Waals surface area contributed by atoms with Crippen LogP contribution >= 0.6 is 0 Å². The number of ether oxygens (including phenoxy) is 2. The van der Waals surface area contributed by atoms with Crippen molar-refractivity contribution in [2.24, 2.45) is 0 Å². The van der Waals surface area contributed by atoms with Crippen molar-refractivity contribution >= 4 is 6.08 Å². The zero-order chi connectivity index (χ0) is 18.2. The summed E-state index contributed by atoms with van der Waals surface area (Å²) in [6.45, 7) is 13.0. The molecule has 0 fully saturated rings. The van der Waals surface area contributed by atoms with Crippen LogP contribution in [0.5, 0.6) is 5.75 Å². The van der Waals surface area contributed by atoms with Crippen molar-refractivity contribution in [3.63, 3.8) is 0 Å². The highest BCUT2D eigenvalue weighted by molar-refractivity contribution is 5.50. The van der Waals surface area contributed by atoms with Gasteiger partial charge >= 0.3 is 0 Å². The van der Waals surface area contributed by atoms with Gasteiger partial charge in [0.25, 0.3) is 0 Å². The predicted molar refractivity (Wildman–Crippen MR) is 102 cm³/mol. The van der Waals surface area contributed by atoms with E-state index in [1.54, 1.807) is 0 Å². The first-order chi connectivity index (χ1) is 11.6. The number of rotatable bonds is 11. The second-order valence-corrected chi connectivity index (χ2v) is 5.38. The molecule has 0 radical (unpaired) electrons. The molecule has 4 heteroatoms. The van der Waals surface area contributed by atoms with E-state index in [0.717, 1.165) is 50.2 Å². The summed E-state index contributed by atoms with van der Waals surface area (Å²) in [4.78, 5) is 14.0. The molecule has 0 atom stereocenters. The van der Waals surface area contributed by atoms with E-state index in [1.165, 1.54) is 5.56 Å². The van der Waals surface area contributed by atoms with Gasteiger partial charge in [0.15, 0.2) is 0 Å². The van der Waals surface area contributed by atoms with Crippen molar-refractivity contribution in [2.45, 2.75) is 39.5 Å². The standard InChI is InChI=1S/C20H28O2.O2/c1-5-10-19-11-13-20(14-12-19)22-16-9-7-6-8-15-21-18(4)17(2)3;1-2/h5,10-14H,2,4,6-9,15-16H2,1,3H3;/b10-5+;. The second kappa shape index (κ2) is 14.2. The van der Waals surface area contributed by atoms with Gasteiger partial charge in [0.05, 0.1) is 13.2 Å². The van der Waals surface area contributed by atoms with Gasteiger partial charge < -0.3 is 9.47 Å². The number of benzene rings is 1. The molecule has 4 nitrogen and oxygen atoms in total. The Bertz CT molecular complexity index is 503. The first-order valence-electron chi connectivity index (χ1n) is 8.13. The first kappa shape index (κ1) is 21.6. The van der Waals surface area contributed by atoms with E-state index in [1.807, 2.05) is 32.1 Å². The van der Waals surface area contributed by atoms with Crippen LogP contribution in [-0.2, 0) is 4.74 Å². The summed E-state index contributed by atoms with van der Waals surface area (Å²) in [7, 11) is 0. The molecule has 0 N–H and O–H groups in total. The lowest BCUT2D eigenvalue weighted by atomic mass is 10.2. The van der Waals surface area contributed by atoms with E-state index in [0.29, 0.717) is 5.76 Å². The Kier molecular flexibility index (Phi) is 12.8. The summed E-state index contributed by atoms with van der Waals surface area (Å²) in [5.74, 6) is 1.64. The molecule has 1 rings (SSSR count). The molecule has 1 aromatic carbocycles. The van der Waals surface area contributed by atoms with Crippen LogP contribution in [0.2, 0.25) is 0 Å². The minimum Gasteiger partial charge on any atom is -0.494 e. The smallest absolute Gasteiger partial charge is 0.119 e. The number of hydrogen-bond acceptors (Lipinski definition) is 4. The maximum absolute atomic E-state index is 7.00. The van der Waals surface area contributed by atoms with Gasteiger partial charge in [-0.15, -0.1) is 0 Å². The van der Waals surface area contributed by atoms with Crippen LogP contribution in [0.3, 0.4) is 0 Å². The van der Waals surface area contributed by atoms with E-state index in [2.05, 4.69) is 31.4 Å². The normalized spacial score (nSPS) is 9.92. The van der Waals surface area contributed by atoms with Crippen LogP contribution < -0.4 is 4.74 Å². The fourth-order valence-corrected chi connectivity index (χ4v) is 1.93. The molecule has 0 aromatic heterocycles. The Labute approximate surface area is 145 Å². The highest BCUT2D eigenvalue weighted by atomic mass is 16.7. The van der Waals surface area contributed by atoms with Crippen molar-refractivity contribution in [1.82, 2.24) is 0 Å². The Morgan fingerprint density at radius 1 is 1.00 bits per heavy atom. The second-order valence-electron chi connectivity index (χ2n) is 5.38. The molecular formula is C20H28O4. The van der Waals surface area contributed by atoms with Gasteiger partial charge in [0.2, 0.25) is 0 Å². The molecule has 24 heavy (non-hydrogen) atoms. The lowest BCUT2D eigenvalue weighted by Gasteiger charge is -2.09. The Morgan fingerprint density at radius 3 is 2.12 bits per heavy atom. The fraction of sp³-hybridized carbons (Fsp3) is 0.400. The molecule has 0 aliphatic carbocycles. The largest absolute Gasteiger partial charge is 0.494 e. The van der Waals surface area contributed by atoms with Crippen molar-refractivity contribution in [1.29, 1.82) is 0 Å². The van der Waals surface area contributed by atoms with E-state index in [-0.39, 0.29) is 0 Å². The molecule has 0 spiro atoms. The van der Waals surface area contributed by atoms with Gasteiger partial charge in [0, 0.05) is 9.93 Å². The van der Waals surface area contributed by atoms with E-state index in [9.17, 15) is 0 Å². The van der Waals surface area contributed by atoms with Gasteiger partial charge in [-0.1, -0.05) is 37.4 Å². The molecule has 0 saturated heterocycles. The summed E-state index contributed by atoms with van der Waals surface area (Å²) < 4.78 is 11.2. The Balaban J connectivity index is 0.00000254. The summed E-state index contributed by atoms with van der Waals surface area (Å²) in [5.41, 5.74) is 2.10. The van der Waals surface area contributed by atoms with E-state index in [4.69, 9.17) is 19.4 Å². The van der Waals surface area contributed by atoms with Gasteiger partial charge in [-0.2, -0.15) is 0 Å². The monoisotopic (exact) mass is 332 g/mol. The lowest BCUT2D eigenvalue weighted by molar-refractivity contribution is 0.212. The average Bonchev–Trinajstić information content (AvgIpc) is 2.60. The van der Waals surface area contributed by atoms with Gasteiger partial charge in [-0.3, -0.25) is 0 Å². The lowest BCUT2D eigenvalue weighted by Crippen LogP contribution is -1.98. The topological polar surface area (TPSA) is 52.6 Å². The van der Waals surface area contributed by atoms with Crippen LogP contribution in [0, 0.1) is 9.93 Å². The molecule has 1 aromatic rings. The average molecular weight is 332 g/mol. The van der Waals surface area contributed by atoms with Crippen LogP contribution in [0.4, 0.5) is 0 Å². The van der Waals surface area contributed by atoms with Crippen molar-refractivity contribution in [2.75, 3.05) is 13.2 Å². The first-order valence-corrected chi connectivity index (χ1v) is 8.13. The SMILES string of the molecule is C=C(C)C(=C)OCCCCCCOc1ccc(/C=C/C)cc1.O=O. The molecule has 0 unspecified atom stereocenters. The summed E-state index contributed by atoms with van der Waals surface area (Å²) in [6, 6.07) is 8.18. The molecule has 0 heterocycles. The predicted octanol–water partition coefficient (Wildman–Crippen LogP) is 5.83. The van der Waals surface area contributed by atoms with Crippen LogP contribution in [0.25, 0.3) is 6.08 Å². The summed E-state index contributed by atoms with van der Waals surface area (Å²) in [5, 5.41) is 0. The molecule has 132 valence electrons. The number of unbranched alkanes of at least 4 members (excludes halogenated alkanes) is 3. The minimum atomic E-state index is 0.699. The maximum Gasteiger partial charge on any atom is 0.119 e. The maximum atomic E-state index is 7.00. The zero-order valence-electron chi connectivity index (χ0n) is 14.8. The quantitative estimate of drug-likeness (QED) is 0.290. The highest BCUT2D eigenvalue weighted by Crippen LogP contribution is 2.14. The van der Waals surface area contributed by atoms with Crippen molar-refractivity contribution in [3.05, 3.63) is 70.3 Å². The Morgan fingerprint density at radius 2 is 1.58 bits per heavy atom. The van der Waals surface area contributed by atoms with Gasteiger partial charge in [-0.05, 0) is 62.8 Å². The highest BCUT2D eigenvalue weighted by Gasteiger charge is 1.97. The number of allylic oxidation sites excluding steroid dienone is 2. The number of hydrogen-bond donors (Lipinski definition) is 0. The van der Waals surface area contributed by atoms with Crippen LogP contribution in [0.15, 0.2) is 54.8 Å². The van der Waals surface area contributed by atoms with E-state index < -0.39 is 0 Å². The van der Waals surface area contributed by atoms with Gasteiger partial charge in [-0.25, -0.2) is 0 Å². The fourth-order valence-electron chi connectivity index (χ4n) is 1.93. The molecule has 0 bridgehead atoms. The zero-order valence-corrected chi connectivity index (χ0v) is 14.8. The van der Waals surface area contributed by atoms with Crippen molar-refractivity contribution < 1.29 is 9.47 Å². The molecule has 0 aliphatic heterocycles. The Hall–Kier alpha value is -2.36. The molecule has 0 amide bonds. The molecule has 0 aliphatic rings. The van der Waals surface area contributed by atoms with Gasteiger partial charge in [0.1, 0.15) is 11.5 Å². The molecular weight excluding hydrogens is 304 g/mol. The van der Waals surface area contributed by atoms with Crippen LogP contribution in [-0.4, -0.2) is 13.2 Å². The summed E-state index contributed by atoms with van der Waals surface area (Å²) >= 11 is 0.